The quantitative estimate of drug-likeness (QED) is 0.890. The summed E-state index contributed by atoms with van der Waals surface area (Å²) in [4.78, 5) is 10.8. The highest BCUT2D eigenvalue weighted by Gasteiger charge is 2.12. The number of rotatable bonds is 4. The van der Waals surface area contributed by atoms with Crippen molar-refractivity contribution < 1.29 is 18.3 Å². The standard InChI is InChI=1S/C9H10BrNO4S/c1-2-16(14,15)11-6-3-4-8(10)7(5-6)9(12)13/h3-5,11H,2H2,1H3,(H,12,13). The highest BCUT2D eigenvalue weighted by Crippen LogP contribution is 2.21. The number of carboxylic acids is 1. The number of aromatic carboxylic acids is 1. The smallest absolute Gasteiger partial charge is 0.336 e. The topological polar surface area (TPSA) is 83.5 Å². The summed E-state index contributed by atoms with van der Waals surface area (Å²) in [5.41, 5.74) is 0.249. The molecule has 0 radical (unpaired) electrons. The fourth-order valence-electron chi connectivity index (χ4n) is 1.00. The zero-order valence-corrected chi connectivity index (χ0v) is 10.8. The van der Waals surface area contributed by atoms with E-state index >= 15 is 0 Å². The van der Waals surface area contributed by atoms with Gasteiger partial charge in [-0.2, -0.15) is 0 Å². The zero-order valence-electron chi connectivity index (χ0n) is 8.40. The van der Waals surface area contributed by atoms with E-state index in [0.717, 1.165) is 0 Å². The minimum atomic E-state index is -3.39. The molecule has 0 fully saturated rings. The van der Waals surface area contributed by atoms with Crippen LogP contribution in [0.4, 0.5) is 5.69 Å². The van der Waals surface area contributed by atoms with Gasteiger partial charge in [-0.05, 0) is 41.1 Å². The molecule has 5 nitrogen and oxygen atoms in total. The Hall–Kier alpha value is -1.08. The Morgan fingerprint density at radius 3 is 2.62 bits per heavy atom. The van der Waals surface area contributed by atoms with Gasteiger partial charge in [0.2, 0.25) is 10.0 Å². The van der Waals surface area contributed by atoms with Gasteiger partial charge in [0.15, 0.2) is 0 Å². The number of halogens is 1. The molecule has 7 heteroatoms. The van der Waals surface area contributed by atoms with E-state index in [-0.39, 0.29) is 17.0 Å². The van der Waals surface area contributed by atoms with E-state index in [9.17, 15) is 13.2 Å². The predicted molar refractivity (Wildman–Crippen MR) is 64.2 cm³/mol. The van der Waals surface area contributed by atoms with Gasteiger partial charge in [0, 0.05) is 10.2 Å². The van der Waals surface area contributed by atoms with Crippen LogP contribution in [0.15, 0.2) is 22.7 Å². The number of hydrogen-bond acceptors (Lipinski definition) is 3. The molecule has 2 N–H and O–H groups in total. The Morgan fingerprint density at radius 1 is 1.50 bits per heavy atom. The summed E-state index contributed by atoms with van der Waals surface area (Å²) in [6.45, 7) is 1.50. The van der Waals surface area contributed by atoms with Gasteiger partial charge in [0.05, 0.1) is 11.3 Å². The molecule has 16 heavy (non-hydrogen) atoms. The van der Waals surface area contributed by atoms with Crippen molar-refractivity contribution in [2.45, 2.75) is 6.92 Å². The second-order valence-electron chi connectivity index (χ2n) is 3.01. The molecule has 0 spiro atoms. The van der Waals surface area contributed by atoms with Gasteiger partial charge in [0.1, 0.15) is 0 Å². The highest BCUT2D eigenvalue weighted by atomic mass is 79.9. The number of carboxylic acid groups (broad SMARTS) is 1. The van der Waals surface area contributed by atoms with Gasteiger partial charge in [-0.3, -0.25) is 4.72 Å². The third kappa shape index (κ3) is 3.21. The largest absolute Gasteiger partial charge is 0.478 e. The first kappa shape index (κ1) is 13.0. The first-order valence-electron chi connectivity index (χ1n) is 4.39. The molecule has 1 aromatic carbocycles. The van der Waals surface area contributed by atoms with Crippen LogP contribution in [0.2, 0.25) is 0 Å². The van der Waals surface area contributed by atoms with Crippen molar-refractivity contribution in [2.24, 2.45) is 0 Å². The van der Waals surface area contributed by atoms with Gasteiger partial charge < -0.3 is 5.11 Å². The number of anilines is 1. The Morgan fingerprint density at radius 2 is 2.12 bits per heavy atom. The summed E-state index contributed by atoms with van der Waals surface area (Å²) in [6, 6.07) is 4.24. The molecule has 88 valence electrons. The van der Waals surface area contributed by atoms with Crippen molar-refractivity contribution in [2.75, 3.05) is 10.5 Å². The monoisotopic (exact) mass is 307 g/mol. The number of nitrogens with one attached hydrogen (secondary N) is 1. The Balaban J connectivity index is 3.09. The molecule has 0 atom stereocenters. The number of carbonyl (C=O) groups is 1. The highest BCUT2D eigenvalue weighted by molar-refractivity contribution is 9.10. The molecule has 0 bridgehead atoms. The molecule has 0 aliphatic carbocycles. The molecular weight excluding hydrogens is 298 g/mol. The van der Waals surface area contributed by atoms with Crippen molar-refractivity contribution in [3.63, 3.8) is 0 Å². The lowest BCUT2D eigenvalue weighted by Crippen LogP contribution is -2.15. The maximum absolute atomic E-state index is 11.3. The molecule has 0 heterocycles. The van der Waals surface area contributed by atoms with E-state index in [1.807, 2.05) is 0 Å². The first-order chi connectivity index (χ1) is 7.35. The molecule has 0 saturated carbocycles. The minimum Gasteiger partial charge on any atom is -0.478 e. The van der Waals surface area contributed by atoms with Crippen LogP contribution < -0.4 is 4.72 Å². The molecular formula is C9H10BrNO4S. The van der Waals surface area contributed by atoms with Crippen molar-refractivity contribution >= 4 is 37.6 Å². The van der Waals surface area contributed by atoms with Gasteiger partial charge >= 0.3 is 5.97 Å². The summed E-state index contributed by atoms with van der Waals surface area (Å²) in [5.74, 6) is -1.18. The lowest BCUT2D eigenvalue weighted by Gasteiger charge is -2.07. The van der Waals surface area contributed by atoms with E-state index < -0.39 is 16.0 Å². The fraction of sp³-hybridized carbons (Fsp3) is 0.222. The number of benzene rings is 1. The van der Waals surface area contributed by atoms with E-state index in [4.69, 9.17) is 5.11 Å². The molecule has 1 rings (SSSR count). The predicted octanol–water partition coefficient (Wildman–Crippen LogP) is 1.91. The normalized spacial score (nSPS) is 11.1. The van der Waals surface area contributed by atoms with Crippen LogP contribution in [0.25, 0.3) is 0 Å². The Kier molecular flexibility index (Phi) is 3.93. The molecule has 0 aliphatic heterocycles. The molecule has 0 aromatic heterocycles. The summed E-state index contributed by atoms with van der Waals surface area (Å²) >= 11 is 3.07. The maximum atomic E-state index is 11.3. The second-order valence-corrected chi connectivity index (χ2v) is 5.87. The van der Waals surface area contributed by atoms with Crippen LogP contribution in [0.3, 0.4) is 0 Å². The number of sulfonamides is 1. The third-order valence-corrected chi connectivity index (χ3v) is 3.85. The first-order valence-corrected chi connectivity index (χ1v) is 6.83. The summed E-state index contributed by atoms with van der Waals surface area (Å²) in [7, 11) is -3.39. The van der Waals surface area contributed by atoms with Crippen LogP contribution in [-0.4, -0.2) is 25.2 Å². The van der Waals surface area contributed by atoms with Gasteiger partial charge in [0.25, 0.3) is 0 Å². The van der Waals surface area contributed by atoms with Gasteiger partial charge in [-0.25, -0.2) is 13.2 Å². The maximum Gasteiger partial charge on any atom is 0.336 e. The van der Waals surface area contributed by atoms with Crippen LogP contribution >= 0.6 is 15.9 Å². The second kappa shape index (κ2) is 4.84. The summed E-state index contributed by atoms with van der Waals surface area (Å²) < 4.78 is 25.2. The van der Waals surface area contributed by atoms with Gasteiger partial charge in [-0.15, -0.1) is 0 Å². The summed E-state index contributed by atoms with van der Waals surface area (Å²) in [6.07, 6.45) is 0. The average molecular weight is 308 g/mol. The fourth-order valence-corrected chi connectivity index (χ4v) is 2.05. The third-order valence-electron chi connectivity index (χ3n) is 1.85. The summed E-state index contributed by atoms with van der Waals surface area (Å²) in [5, 5.41) is 8.84. The van der Waals surface area contributed by atoms with Gasteiger partial charge in [-0.1, -0.05) is 0 Å². The zero-order chi connectivity index (χ0) is 12.3. The van der Waals surface area contributed by atoms with E-state index in [1.54, 1.807) is 0 Å². The van der Waals surface area contributed by atoms with Crippen molar-refractivity contribution in [3.05, 3.63) is 28.2 Å². The van der Waals surface area contributed by atoms with E-state index in [0.29, 0.717) is 4.47 Å². The number of hydrogen-bond donors (Lipinski definition) is 2. The van der Waals surface area contributed by atoms with Crippen molar-refractivity contribution in [1.29, 1.82) is 0 Å². The van der Waals surface area contributed by atoms with Crippen LogP contribution in [0.5, 0.6) is 0 Å². The van der Waals surface area contributed by atoms with Crippen LogP contribution in [-0.2, 0) is 10.0 Å². The van der Waals surface area contributed by atoms with Crippen molar-refractivity contribution in [1.82, 2.24) is 0 Å². The molecule has 1 aromatic rings. The molecule has 0 saturated heterocycles. The SMILES string of the molecule is CCS(=O)(=O)Nc1ccc(Br)c(C(=O)O)c1. The Bertz CT molecular complexity index is 512. The molecule has 0 amide bonds. The van der Waals surface area contributed by atoms with E-state index in [2.05, 4.69) is 20.7 Å². The Labute approximate surface area is 102 Å². The van der Waals surface area contributed by atoms with E-state index in [1.165, 1.54) is 25.1 Å². The van der Waals surface area contributed by atoms with Crippen LogP contribution in [0.1, 0.15) is 17.3 Å². The average Bonchev–Trinajstić information content (AvgIpc) is 2.20. The lowest BCUT2D eigenvalue weighted by molar-refractivity contribution is 0.0696. The van der Waals surface area contributed by atoms with Crippen molar-refractivity contribution in [3.8, 4) is 0 Å². The minimum absolute atomic E-state index is 0.0105. The lowest BCUT2D eigenvalue weighted by atomic mass is 10.2. The molecule has 0 unspecified atom stereocenters. The molecule has 0 aliphatic rings. The van der Waals surface area contributed by atoms with Crippen LogP contribution in [0, 0.1) is 0 Å².